The first-order valence-electron chi connectivity index (χ1n) is 12.3. The molecule has 2 aromatic rings. The molecule has 3 nitrogen and oxygen atoms in total. The zero-order valence-electron chi connectivity index (χ0n) is 19.3. The summed E-state index contributed by atoms with van der Waals surface area (Å²) >= 11 is 0. The molecule has 0 amide bonds. The van der Waals surface area contributed by atoms with E-state index in [1.807, 2.05) is 0 Å². The van der Waals surface area contributed by atoms with Crippen molar-refractivity contribution in [2.45, 2.75) is 91.4 Å². The quantitative estimate of drug-likeness (QED) is 0.343. The van der Waals surface area contributed by atoms with Crippen molar-refractivity contribution < 1.29 is 4.74 Å². The molecule has 0 aliphatic heterocycles. The number of fused-ring (bicyclic) bond motifs is 1. The van der Waals surface area contributed by atoms with Gasteiger partial charge >= 0.3 is 0 Å². The zero-order chi connectivity index (χ0) is 21.2. The summed E-state index contributed by atoms with van der Waals surface area (Å²) in [5.41, 5.74) is 3.69. The lowest BCUT2D eigenvalue weighted by Gasteiger charge is -2.26. The number of hydrogen-bond donors (Lipinski definition) is 0. The summed E-state index contributed by atoms with van der Waals surface area (Å²) in [5, 5.41) is 0. The van der Waals surface area contributed by atoms with Crippen molar-refractivity contribution in [1.29, 1.82) is 0 Å². The van der Waals surface area contributed by atoms with Crippen molar-refractivity contribution in [3.8, 4) is 17.1 Å². The minimum Gasteiger partial charge on any atom is -0.494 e. The van der Waals surface area contributed by atoms with Crippen molar-refractivity contribution in [2.24, 2.45) is 11.8 Å². The lowest BCUT2D eigenvalue weighted by Crippen LogP contribution is -2.18. The van der Waals surface area contributed by atoms with E-state index in [1.54, 1.807) is 0 Å². The Morgan fingerprint density at radius 2 is 1.80 bits per heavy atom. The van der Waals surface area contributed by atoms with Crippen molar-refractivity contribution in [3.63, 3.8) is 0 Å². The lowest BCUT2D eigenvalue weighted by molar-refractivity contribution is 0.304. The van der Waals surface area contributed by atoms with E-state index in [2.05, 4.69) is 56.2 Å². The molecule has 1 aliphatic rings. The largest absolute Gasteiger partial charge is 0.494 e. The number of hydrogen-bond acceptors (Lipinski definition) is 3. The SMILES string of the molecule is CCCCCCCCOc1ccc(-c2ncc3c(n2)CCC(CC(C)CC)C3)cc1. The Morgan fingerprint density at radius 3 is 2.57 bits per heavy atom. The van der Waals surface area contributed by atoms with Gasteiger partial charge in [0, 0.05) is 17.5 Å². The Balaban J connectivity index is 1.50. The van der Waals surface area contributed by atoms with Gasteiger partial charge in [-0.2, -0.15) is 0 Å². The van der Waals surface area contributed by atoms with Crippen molar-refractivity contribution in [3.05, 3.63) is 41.7 Å². The summed E-state index contributed by atoms with van der Waals surface area (Å²) in [6, 6.07) is 8.29. The molecule has 0 saturated heterocycles. The molecule has 3 rings (SSSR count). The molecule has 2 unspecified atom stereocenters. The summed E-state index contributed by atoms with van der Waals surface area (Å²) in [6.45, 7) is 7.72. The maximum absolute atomic E-state index is 5.91. The zero-order valence-corrected chi connectivity index (χ0v) is 19.3. The molecule has 3 heteroatoms. The molecule has 1 aromatic heterocycles. The average Bonchev–Trinajstić information content (AvgIpc) is 2.78. The van der Waals surface area contributed by atoms with Gasteiger partial charge in [-0.15, -0.1) is 0 Å². The third-order valence-electron chi connectivity index (χ3n) is 6.56. The second-order valence-electron chi connectivity index (χ2n) is 9.16. The molecule has 30 heavy (non-hydrogen) atoms. The van der Waals surface area contributed by atoms with Crippen LogP contribution in [0.1, 0.15) is 89.8 Å². The van der Waals surface area contributed by atoms with E-state index >= 15 is 0 Å². The normalized spacial score (nSPS) is 16.8. The third-order valence-corrected chi connectivity index (χ3v) is 6.56. The average molecular weight is 409 g/mol. The van der Waals surface area contributed by atoms with Gasteiger partial charge in [0.05, 0.1) is 6.61 Å². The number of aryl methyl sites for hydroxylation is 1. The summed E-state index contributed by atoms with van der Waals surface area (Å²) in [6.07, 6.45) is 15.9. The van der Waals surface area contributed by atoms with E-state index in [1.165, 1.54) is 62.6 Å². The van der Waals surface area contributed by atoms with E-state index in [-0.39, 0.29) is 0 Å². The summed E-state index contributed by atoms with van der Waals surface area (Å²) in [7, 11) is 0. The lowest BCUT2D eigenvalue weighted by atomic mass is 9.81. The Kier molecular flexibility index (Phi) is 9.17. The highest BCUT2D eigenvalue weighted by Crippen LogP contribution is 2.30. The van der Waals surface area contributed by atoms with Crippen LogP contribution in [-0.4, -0.2) is 16.6 Å². The first kappa shape index (κ1) is 22.8. The number of unbranched alkanes of at least 4 members (excludes halogenated alkanes) is 5. The van der Waals surface area contributed by atoms with Gasteiger partial charge in [0.2, 0.25) is 0 Å². The van der Waals surface area contributed by atoms with Crippen LogP contribution >= 0.6 is 0 Å². The van der Waals surface area contributed by atoms with Gasteiger partial charge < -0.3 is 4.74 Å². The Bertz CT molecular complexity index is 756. The molecule has 1 heterocycles. The van der Waals surface area contributed by atoms with Gasteiger partial charge in [-0.3, -0.25) is 0 Å². The topological polar surface area (TPSA) is 35.0 Å². The van der Waals surface area contributed by atoms with E-state index in [0.29, 0.717) is 0 Å². The first-order valence-corrected chi connectivity index (χ1v) is 12.3. The van der Waals surface area contributed by atoms with E-state index in [0.717, 1.165) is 54.8 Å². The third kappa shape index (κ3) is 6.82. The first-order chi connectivity index (χ1) is 14.7. The van der Waals surface area contributed by atoms with Crippen LogP contribution in [0.5, 0.6) is 5.75 Å². The van der Waals surface area contributed by atoms with Crippen molar-refractivity contribution >= 4 is 0 Å². The Morgan fingerprint density at radius 1 is 1.03 bits per heavy atom. The standard InChI is InChI=1S/C27H40N2O/c1-4-6-7-8-9-10-17-30-25-14-12-23(13-15-25)27-28-20-24-19-22(18-21(3)5-2)11-16-26(24)29-27/h12-15,20-22H,4-11,16-19H2,1-3H3. The fourth-order valence-corrected chi connectivity index (χ4v) is 4.43. The van der Waals surface area contributed by atoms with Gasteiger partial charge in [0.15, 0.2) is 5.82 Å². The van der Waals surface area contributed by atoms with Crippen LogP contribution in [0.3, 0.4) is 0 Å². The van der Waals surface area contributed by atoms with Crippen LogP contribution in [0.2, 0.25) is 0 Å². The predicted octanol–water partition coefficient (Wildman–Crippen LogP) is 7.42. The second kappa shape index (κ2) is 12.1. The monoisotopic (exact) mass is 408 g/mol. The molecule has 0 bridgehead atoms. The number of ether oxygens (including phenoxy) is 1. The molecule has 1 aromatic carbocycles. The van der Waals surface area contributed by atoms with Crippen molar-refractivity contribution in [2.75, 3.05) is 6.61 Å². The molecule has 164 valence electrons. The molecular formula is C27H40N2O. The summed E-state index contributed by atoms with van der Waals surface area (Å²) in [4.78, 5) is 9.59. The second-order valence-corrected chi connectivity index (χ2v) is 9.16. The predicted molar refractivity (Wildman–Crippen MR) is 126 cm³/mol. The van der Waals surface area contributed by atoms with Crippen LogP contribution in [0.25, 0.3) is 11.4 Å². The van der Waals surface area contributed by atoms with Gasteiger partial charge in [0.25, 0.3) is 0 Å². The molecular weight excluding hydrogens is 368 g/mol. The van der Waals surface area contributed by atoms with Crippen LogP contribution in [0.15, 0.2) is 30.5 Å². The smallest absolute Gasteiger partial charge is 0.159 e. The van der Waals surface area contributed by atoms with Crippen LogP contribution in [0.4, 0.5) is 0 Å². The highest BCUT2D eigenvalue weighted by molar-refractivity contribution is 5.56. The van der Waals surface area contributed by atoms with Gasteiger partial charge in [0.1, 0.15) is 5.75 Å². The molecule has 2 atom stereocenters. The van der Waals surface area contributed by atoms with Gasteiger partial charge in [-0.25, -0.2) is 9.97 Å². The molecule has 0 N–H and O–H groups in total. The molecule has 1 aliphatic carbocycles. The number of nitrogens with zero attached hydrogens (tertiary/aromatic N) is 2. The minimum absolute atomic E-state index is 0.796. The van der Waals surface area contributed by atoms with Gasteiger partial charge in [-0.1, -0.05) is 59.3 Å². The highest BCUT2D eigenvalue weighted by Gasteiger charge is 2.22. The van der Waals surface area contributed by atoms with Crippen LogP contribution < -0.4 is 4.74 Å². The van der Waals surface area contributed by atoms with Crippen molar-refractivity contribution in [1.82, 2.24) is 9.97 Å². The van der Waals surface area contributed by atoms with Gasteiger partial charge in [-0.05, 0) is 73.8 Å². The van der Waals surface area contributed by atoms with Crippen LogP contribution in [-0.2, 0) is 12.8 Å². The number of benzene rings is 1. The Hall–Kier alpha value is -1.90. The van der Waals surface area contributed by atoms with E-state index in [4.69, 9.17) is 9.72 Å². The fraction of sp³-hybridized carbons (Fsp3) is 0.630. The molecule has 0 radical (unpaired) electrons. The van der Waals surface area contributed by atoms with Crippen LogP contribution in [0, 0.1) is 11.8 Å². The molecule has 0 saturated carbocycles. The van der Waals surface area contributed by atoms with E-state index < -0.39 is 0 Å². The minimum atomic E-state index is 0.796. The Labute approximate surface area is 183 Å². The highest BCUT2D eigenvalue weighted by atomic mass is 16.5. The molecule has 0 spiro atoms. The maximum atomic E-state index is 5.91. The maximum Gasteiger partial charge on any atom is 0.159 e. The fourth-order valence-electron chi connectivity index (χ4n) is 4.43. The summed E-state index contributed by atoms with van der Waals surface area (Å²) in [5.74, 6) is 3.40. The number of rotatable bonds is 12. The number of aromatic nitrogens is 2. The summed E-state index contributed by atoms with van der Waals surface area (Å²) < 4.78 is 5.91. The molecule has 0 fully saturated rings. The van der Waals surface area contributed by atoms with E-state index in [9.17, 15) is 0 Å².